The molecule has 2 heterocycles. The van der Waals surface area contributed by atoms with Gasteiger partial charge in [0.1, 0.15) is 6.67 Å². The highest BCUT2D eigenvalue weighted by molar-refractivity contribution is 7.08. The number of nitrogens with zero attached hydrogens (tertiary/aromatic N) is 1. The number of thiophene rings is 1. The van der Waals surface area contributed by atoms with E-state index in [1.807, 2.05) is 11.4 Å². The summed E-state index contributed by atoms with van der Waals surface area (Å²) < 4.78 is 13.1. The number of alkyl halides is 1. The highest BCUT2D eigenvalue weighted by Crippen LogP contribution is 2.48. The summed E-state index contributed by atoms with van der Waals surface area (Å²) in [5, 5.41) is 15.4. The normalized spacial score (nSPS) is 20.1. The van der Waals surface area contributed by atoms with Crippen molar-refractivity contribution >= 4 is 17.1 Å². The lowest BCUT2D eigenvalue weighted by Crippen LogP contribution is -2.29. The van der Waals surface area contributed by atoms with Gasteiger partial charge in [0, 0.05) is 28.3 Å². The summed E-state index contributed by atoms with van der Waals surface area (Å²) in [4.78, 5) is 19.2. The van der Waals surface area contributed by atoms with Crippen molar-refractivity contribution in [3.8, 4) is 11.1 Å². The van der Waals surface area contributed by atoms with Crippen LogP contribution in [-0.4, -0.2) is 15.9 Å². The van der Waals surface area contributed by atoms with Gasteiger partial charge in [-0.3, -0.25) is 9.78 Å². The van der Waals surface area contributed by atoms with E-state index in [0.29, 0.717) is 23.1 Å². The number of fused-ring (bicyclic) bond motifs is 1. The lowest BCUT2D eigenvalue weighted by Gasteiger charge is -2.36. The molecule has 0 spiro atoms. The molecule has 5 rings (SSSR count). The first-order valence-corrected chi connectivity index (χ1v) is 12.8. The number of aliphatic hydroxyl groups is 1. The van der Waals surface area contributed by atoms with E-state index >= 15 is 0 Å². The third kappa shape index (κ3) is 4.17. The van der Waals surface area contributed by atoms with E-state index in [2.05, 4.69) is 19.2 Å². The van der Waals surface area contributed by atoms with Gasteiger partial charge in [0.15, 0.2) is 5.78 Å². The average Bonchev–Trinajstić information content (AvgIpc) is 3.51. The molecule has 1 saturated carbocycles. The summed E-state index contributed by atoms with van der Waals surface area (Å²) in [5.41, 5.74) is 6.14. The zero-order valence-corrected chi connectivity index (χ0v) is 20.1. The first-order chi connectivity index (χ1) is 15.9. The third-order valence-electron chi connectivity index (χ3n) is 7.22. The van der Waals surface area contributed by atoms with Gasteiger partial charge in [0.25, 0.3) is 0 Å². The molecule has 1 fully saturated rings. The van der Waals surface area contributed by atoms with Crippen molar-refractivity contribution in [2.75, 3.05) is 0 Å². The van der Waals surface area contributed by atoms with Crippen molar-refractivity contribution < 1.29 is 14.3 Å². The molecule has 3 aromatic rings. The van der Waals surface area contributed by atoms with E-state index in [-0.39, 0.29) is 17.1 Å². The first kappa shape index (κ1) is 22.4. The highest BCUT2D eigenvalue weighted by atomic mass is 32.1. The van der Waals surface area contributed by atoms with Gasteiger partial charge in [-0.15, -0.1) is 0 Å². The van der Waals surface area contributed by atoms with Gasteiger partial charge >= 0.3 is 0 Å². The van der Waals surface area contributed by atoms with Crippen molar-refractivity contribution in [1.29, 1.82) is 0 Å². The molecular weight excluding hydrogens is 433 g/mol. The Morgan fingerprint density at radius 1 is 1.18 bits per heavy atom. The molecule has 1 unspecified atom stereocenters. The molecule has 0 saturated heterocycles. The molecule has 0 bridgehead atoms. The summed E-state index contributed by atoms with van der Waals surface area (Å²) in [6.07, 6.45) is 5.11. The minimum Gasteiger partial charge on any atom is -0.388 e. The van der Waals surface area contributed by atoms with Gasteiger partial charge in [0.2, 0.25) is 0 Å². The van der Waals surface area contributed by atoms with E-state index in [1.165, 1.54) is 0 Å². The van der Waals surface area contributed by atoms with Crippen molar-refractivity contribution in [1.82, 2.24) is 4.98 Å². The van der Waals surface area contributed by atoms with Gasteiger partial charge in [-0.1, -0.05) is 51.0 Å². The van der Waals surface area contributed by atoms with E-state index in [1.54, 1.807) is 35.6 Å². The van der Waals surface area contributed by atoms with Crippen LogP contribution in [0.3, 0.4) is 0 Å². The number of rotatable bonds is 5. The monoisotopic (exact) mass is 463 g/mol. The van der Waals surface area contributed by atoms with Gasteiger partial charge < -0.3 is 5.11 Å². The Bertz CT molecular complexity index is 1160. The fraction of sp³-hybridized carbons (Fsp3) is 0.429. The minimum absolute atomic E-state index is 0.0496. The molecule has 0 amide bonds. The van der Waals surface area contributed by atoms with Crippen LogP contribution in [0.2, 0.25) is 0 Å². The molecule has 1 atom stereocenters. The molecule has 1 aromatic carbocycles. The maximum atomic E-state index is 14.0. The van der Waals surface area contributed by atoms with Crippen LogP contribution in [0.5, 0.6) is 0 Å². The molecule has 5 heteroatoms. The molecule has 0 aliphatic heterocycles. The number of ketones is 1. The van der Waals surface area contributed by atoms with E-state index < -0.39 is 12.8 Å². The van der Waals surface area contributed by atoms with Crippen LogP contribution in [0.25, 0.3) is 11.1 Å². The number of carbonyl (C=O) groups is 1. The highest BCUT2D eigenvalue weighted by Gasteiger charge is 2.38. The Kier molecular flexibility index (Phi) is 5.96. The second kappa shape index (κ2) is 8.77. The number of aliphatic hydroxyl groups excluding tert-OH is 1. The summed E-state index contributed by atoms with van der Waals surface area (Å²) in [5.74, 6) is 0.162. The van der Waals surface area contributed by atoms with Crippen LogP contribution in [0.1, 0.15) is 96.4 Å². The standard InChI is InChI=1S/C28H30FNO2S/c1-28(2)13-21-24(22(31)14-28)23(20-11-12-33-16-20)25(26(30-21)18-5-3-4-6-18)27(32)19-9-7-17(15-29)8-10-19/h7-12,16,18,22,31H,3-6,13-15H2,1-2H3. The van der Waals surface area contributed by atoms with Crippen molar-refractivity contribution in [3.05, 3.63) is 74.7 Å². The largest absolute Gasteiger partial charge is 0.388 e. The lowest BCUT2D eigenvalue weighted by molar-refractivity contribution is 0.0979. The maximum Gasteiger partial charge on any atom is 0.195 e. The van der Waals surface area contributed by atoms with Crippen molar-refractivity contribution in [3.63, 3.8) is 0 Å². The summed E-state index contributed by atoms with van der Waals surface area (Å²) in [7, 11) is 0. The van der Waals surface area contributed by atoms with E-state index in [4.69, 9.17) is 4.98 Å². The van der Waals surface area contributed by atoms with Gasteiger partial charge in [-0.05, 0) is 59.1 Å². The Balaban J connectivity index is 1.78. The van der Waals surface area contributed by atoms with Crippen LogP contribution in [0.4, 0.5) is 4.39 Å². The molecule has 2 aromatic heterocycles. The second-order valence-corrected chi connectivity index (χ2v) is 11.1. The molecule has 172 valence electrons. The molecular formula is C28H30FNO2S. The van der Waals surface area contributed by atoms with Crippen molar-refractivity contribution in [2.24, 2.45) is 5.41 Å². The summed E-state index contributed by atoms with van der Waals surface area (Å²) >= 11 is 1.59. The Labute approximate surface area is 198 Å². The Hall–Kier alpha value is -2.37. The minimum atomic E-state index is -0.663. The molecule has 2 aliphatic carbocycles. The maximum absolute atomic E-state index is 14.0. The van der Waals surface area contributed by atoms with Crippen LogP contribution in [0, 0.1) is 5.41 Å². The van der Waals surface area contributed by atoms with Gasteiger partial charge in [-0.2, -0.15) is 11.3 Å². The lowest BCUT2D eigenvalue weighted by atomic mass is 9.71. The SMILES string of the molecule is CC1(C)Cc2nc(C3CCCC3)c(C(=O)c3ccc(CF)cc3)c(-c3ccsc3)c2C(O)C1. The third-order valence-corrected chi connectivity index (χ3v) is 7.90. The molecule has 33 heavy (non-hydrogen) atoms. The molecule has 2 aliphatic rings. The van der Waals surface area contributed by atoms with Crippen LogP contribution in [-0.2, 0) is 13.1 Å². The number of halogens is 1. The topological polar surface area (TPSA) is 50.2 Å². The van der Waals surface area contributed by atoms with Gasteiger partial charge in [-0.25, -0.2) is 4.39 Å². The fourth-order valence-electron chi connectivity index (χ4n) is 5.63. The quantitative estimate of drug-likeness (QED) is 0.408. The summed E-state index contributed by atoms with van der Waals surface area (Å²) in [6, 6.07) is 8.82. The number of pyridine rings is 1. The number of benzene rings is 1. The zero-order valence-electron chi connectivity index (χ0n) is 19.2. The Morgan fingerprint density at radius 3 is 2.55 bits per heavy atom. The smallest absolute Gasteiger partial charge is 0.195 e. The predicted octanol–water partition coefficient (Wildman–Crippen LogP) is 7.17. The first-order valence-electron chi connectivity index (χ1n) is 11.8. The predicted molar refractivity (Wildman–Crippen MR) is 131 cm³/mol. The number of hydrogen-bond donors (Lipinski definition) is 1. The number of hydrogen-bond acceptors (Lipinski definition) is 4. The van der Waals surface area contributed by atoms with Crippen molar-refractivity contribution in [2.45, 2.75) is 71.1 Å². The zero-order chi connectivity index (χ0) is 23.2. The Morgan fingerprint density at radius 2 is 1.91 bits per heavy atom. The van der Waals surface area contributed by atoms with Gasteiger partial charge in [0.05, 0.1) is 17.4 Å². The average molecular weight is 464 g/mol. The number of aromatic nitrogens is 1. The number of carbonyl (C=O) groups excluding carboxylic acids is 1. The van der Waals surface area contributed by atoms with E-state index in [9.17, 15) is 14.3 Å². The van der Waals surface area contributed by atoms with Crippen LogP contribution >= 0.6 is 11.3 Å². The van der Waals surface area contributed by atoms with E-state index in [0.717, 1.165) is 60.2 Å². The molecule has 0 radical (unpaired) electrons. The molecule has 3 nitrogen and oxygen atoms in total. The van der Waals surface area contributed by atoms with Crippen LogP contribution < -0.4 is 0 Å². The van der Waals surface area contributed by atoms with Crippen LogP contribution in [0.15, 0.2) is 41.1 Å². The molecule has 1 N–H and O–H groups in total. The summed E-state index contributed by atoms with van der Waals surface area (Å²) in [6.45, 7) is 3.79. The fourth-order valence-corrected chi connectivity index (χ4v) is 6.28. The second-order valence-electron chi connectivity index (χ2n) is 10.3.